The summed E-state index contributed by atoms with van der Waals surface area (Å²) in [5, 5.41) is 3.51. The number of hydrogen-bond donors (Lipinski definition) is 1. The fourth-order valence-corrected chi connectivity index (χ4v) is 2.86. The second kappa shape index (κ2) is 7.41. The fraction of sp³-hybridized carbons (Fsp3) is 0.938. The van der Waals surface area contributed by atoms with Crippen molar-refractivity contribution in [2.75, 3.05) is 19.8 Å². The summed E-state index contributed by atoms with van der Waals surface area (Å²) in [4.78, 5) is 14.5. The Hall–Kier alpha value is -0.610. The molecule has 0 bridgehead atoms. The lowest BCUT2D eigenvalue weighted by Crippen LogP contribution is -2.39. The maximum atomic E-state index is 12.5. The molecule has 1 aliphatic carbocycles. The largest absolute Gasteiger partial charge is 0.379 e. The third kappa shape index (κ3) is 4.45. The molecular weight excluding hydrogens is 252 g/mol. The van der Waals surface area contributed by atoms with Crippen LogP contribution in [0.2, 0.25) is 0 Å². The molecule has 2 unspecified atom stereocenters. The van der Waals surface area contributed by atoms with Crippen molar-refractivity contribution in [2.24, 2.45) is 11.8 Å². The Morgan fingerprint density at radius 1 is 1.40 bits per heavy atom. The van der Waals surface area contributed by atoms with Crippen molar-refractivity contribution in [3.8, 4) is 0 Å². The van der Waals surface area contributed by atoms with Crippen LogP contribution in [0.5, 0.6) is 0 Å². The average Bonchev–Trinajstić information content (AvgIpc) is 3.16. The summed E-state index contributed by atoms with van der Waals surface area (Å²) in [5.41, 5.74) is 0. The summed E-state index contributed by atoms with van der Waals surface area (Å²) in [6, 6.07) is 0.00924. The third-order valence-corrected chi connectivity index (χ3v) is 4.15. The normalized spacial score (nSPS) is 26.8. The van der Waals surface area contributed by atoms with Gasteiger partial charge in [0.1, 0.15) is 0 Å². The van der Waals surface area contributed by atoms with Gasteiger partial charge in [0, 0.05) is 13.2 Å². The van der Waals surface area contributed by atoms with Gasteiger partial charge in [0.15, 0.2) is 0 Å². The quantitative estimate of drug-likeness (QED) is 0.660. The van der Waals surface area contributed by atoms with E-state index in [1.54, 1.807) is 0 Å². The zero-order valence-electron chi connectivity index (χ0n) is 13.2. The van der Waals surface area contributed by atoms with Crippen molar-refractivity contribution in [3.63, 3.8) is 0 Å². The molecule has 4 heteroatoms. The number of rotatable bonds is 9. The summed E-state index contributed by atoms with van der Waals surface area (Å²) in [7, 11) is 0. The molecule has 1 saturated heterocycles. The highest BCUT2D eigenvalue weighted by Gasteiger charge is 2.37. The Labute approximate surface area is 123 Å². The van der Waals surface area contributed by atoms with Gasteiger partial charge in [-0.1, -0.05) is 27.2 Å². The van der Waals surface area contributed by atoms with Gasteiger partial charge >= 0.3 is 0 Å². The Balaban J connectivity index is 1.80. The molecule has 0 aromatic carbocycles. The molecule has 0 aromatic heterocycles. The Morgan fingerprint density at radius 2 is 2.15 bits per heavy atom. The standard InChI is InChI=1S/C16H30N2O2/c1-4-5-15-17-14(10-12(2)3)16(19)18(15)8-9-20-11-13-6-7-13/h12-15,17H,4-11H2,1-3H3. The minimum atomic E-state index is 0.00924. The van der Waals surface area contributed by atoms with E-state index in [9.17, 15) is 4.79 Å². The highest BCUT2D eigenvalue weighted by Crippen LogP contribution is 2.28. The van der Waals surface area contributed by atoms with Crippen molar-refractivity contribution >= 4 is 5.91 Å². The minimum absolute atomic E-state index is 0.00924. The zero-order valence-corrected chi connectivity index (χ0v) is 13.2. The maximum absolute atomic E-state index is 12.5. The van der Waals surface area contributed by atoms with Crippen LogP contribution in [-0.2, 0) is 9.53 Å². The van der Waals surface area contributed by atoms with E-state index in [2.05, 4.69) is 26.1 Å². The van der Waals surface area contributed by atoms with Gasteiger partial charge < -0.3 is 9.64 Å². The van der Waals surface area contributed by atoms with E-state index in [1.807, 2.05) is 4.90 Å². The maximum Gasteiger partial charge on any atom is 0.241 e. The van der Waals surface area contributed by atoms with Gasteiger partial charge in [-0.2, -0.15) is 0 Å². The first-order valence-corrected chi connectivity index (χ1v) is 8.26. The van der Waals surface area contributed by atoms with Gasteiger partial charge in [-0.05, 0) is 37.5 Å². The van der Waals surface area contributed by atoms with Gasteiger partial charge in [0.25, 0.3) is 0 Å². The van der Waals surface area contributed by atoms with Crippen molar-refractivity contribution in [1.29, 1.82) is 0 Å². The third-order valence-electron chi connectivity index (χ3n) is 4.15. The van der Waals surface area contributed by atoms with E-state index in [0.717, 1.165) is 38.3 Å². The first-order chi connectivity index (χ1) is 9.61. The Morgan fingerprint density at radius 3 is 2.75 bits per heavy atom. The smallest absolute Gasteiger partial charge is 0.241 e. The highest BCUT2D eigenvalue weighted by molar-refractivity contribution is 5.84. The van der Waals surface area contributed by atoms with E-state index >= 15 is 0 Å². The molecule has 0 aromatic rings. The van der Waals surface area contributed by atoms with Gasteiger partial charge in [0.05, 0.1) is 18.8 Å². The summed E-state index contributed by atoms with van der Waals surface area (Å²) in [6.07, 6.45) is 5.90. The van der Waals surface area contributed by atoms with Crippen molar-refractivity contribution < 1.29 is 9.53 Å². The predicted octanol–water partition coefficient (Wildman–Crippen LogP) is 2.39. The number of hydrogen-bond acceptors (Lipinski definition) is 3. The number of nitrogens with zero attached hydrogens (tertiary/aromatic N) is 1. The van der Waals surface area contributed by atoms with Gasteiger partial charge in [-0.25, -0.2) is 0 Å². The van der Waals surface area contributed by atoms with Crippen LogP contribution < -0.4 is 5.32 Å². The molecule has 1 N–H and O–H groups in total. The summed E-state index contributed by atoms with van der Waals surface area (Å²) >= 11 is 0. The van der Waals surface area contributed by atoms with Crippen LogP contribution in [0, 0.1) is 11.8 Å². The first kappa shape index (κ1) is 15.8. The molecule has 0 radical (unpaired) electrons. The summed E-state index contributed by atoms with van der Waals surface area (Å²) in [5.74, 6) is 1.61. The molecule has 2 fully saturated rings. The molecule has 2 rings (SSSR count). The monoisotopic (exact) mass is 282 g/mol. The molecule has 2 atom stereocenters. The molecule has 1 heterocycles. The molecule has 0 spiro atoms. The van der Waals surface area contributed by atoms with Gasteiger partial charge in [0.2, 0.25) is 5.91 Å². The summed E-state index contributed by atoms with van der Waals surface area (Å²) < 4.78 is 5.69. The lowest BCUT2D eigenvalue weighted by atomic mass is 10.0. The predicted molar refractivity (Wildman–Crippen MR) is 80.3 cm³/mol. The molecule has 4 nitrogen and oxygen atoms in total. The highest BCUT2D eigenvalue weighted by atomic mass is 16.5. The Kier molecular flexibility index (Phi) is 5.85. The SMILES string of the molecule is CCCC1NC(CC(C)C)C(=O)N1CCOCC1CC1. The first-order valence-electron chi connectivity index (χ1n) is 8.26. The number of carbonyl (C=O) groups excluding carboxylic acids is 1. The van der Waals surface area contributed by atoms with E-state index in [4.69, 9.17) is 4.74 Å². The van der Waals surface area contributed by atoms with Crippen molar-refractivity contribution in [1.82, 2.24) is 10.2 Å². The van der Waals surface area contributed by atoms with Gasteiger partial charge in [-0.15, -0.1) is 0 Å². The topological polar surface area (TPSA) is 41.6 Å². The van der Waals surface area contributed by atoms with Crippen molar-refractivity contribution in [2.45, 2.75) is 65.1 Å². The molecule has 20 heavy (non-hydrogen) atoms. The lowest BCUT2D eigenvalue weighted by Gasteiger charge is -2.23. The Bertz CT molecular complexity index is 316. The molecule has 2 aliphatic rings. The molecular formula is C16H30N2O2. The number of amides is 1. The number of carbonyl (C=O) groups is 1. The minimum Gasteiger partial charge on any atom is -0.379 e. The van der Waals surface area contributed by atoms with E-state index in [0.29, 0.717) is 12.5 Å². The van der Waals surface area contributed by atoms with Crippen LogP contribution in [0.3, 0.4) is 0 Å². The van der Waals surface area contributed by atoms with Crippen molar-refractivity contribution in [3.05, 3.63) is 0 Å². The number of nitrogens with one attached hydrogen (secondary N) is 1. The van der Waals surface area contributed by atoms with Gasteiger partial charge in [-0.3, -0.25) is 10.1 Å². The van der Waals surface area contributed by atoms with Crippen LogP contribution in [0.15, 0.2) is 0 Å². The lowest BCUT2D eigenvalue weighted by molar-refractivity contribution is -0.131. The van der Waals surface area contributed by atoms with Crippen LogP contribution in [0.4, 0.5) is 0 Å². The number of ether oxygens (including phenoxy) is 1. The molecule has 1 saturated carbocycles. The second-order valence-corrected chi connectivity index (χ2v) is 6.70. The second-order valence-electron chi connectivity index (χ2n) is 6.70. The van der Waals surface area contributed by atoms with Crippen LogP contribution >= 0.6 is 0 Å². The molecule has 1 aliphatic heterocycles. The molecule has 116 valence electrons. The zero-order chi connectivity index (χ0) is 14.5. The summed E-state index contributed by atoms with van der Waals surface area (Å²) in [6.45, 7) is 8.81. The van der Waals surface area contributed by atoms with Crippen LogP contribution in [-0.4, -0.2) is 42.8 Å². The van der Waals surface area contributed by atoms with E-state index in [-0.39, 0.29) is 18.1 Å². The average molecular weight is 282 g/mol. The van der Waals surface area contributed by atoms with E-state index < -0.39 is 0 Å². The molecule has 1 amide bonds. The van der Waals surface area contributed by atoms with Crippen LogP contribution in [0.1, 0.15) is 52.9 Å². The van der Waals surface area contributed by atoms with E-state index in [1.165, 1.54) is 12.8 Å². The fourth-order valence-electron chi connectivity index (χ4n) is 2.86. The van der Waals surface area contributed by atoms with Crippen LogP contribution in [0.25, 0.3) is 0 Å².